The van der Waals surface area contributed by atoms with Crippen LogP contribution in [-0.4, -0.2) is 6.61 Å². The molecule has 0 aliphatic heterocycles. The summed E-state index contributed by atoms with van der Waals surface area (Å²) in [5.41, 5.74) is 0.768. The number of rotatable bonds is 5. The highest BCUT2D eigenvalue weighted by Crippen LogP contribution is 2.31. The van der Waals surface area contributed by atoms with Crippen LogP contribution in [0.1, 0.15) is 25.8 Å². The molecule has 0 saturated carbocycles. The van der Waals surface area contributed by atoms with Gasteiger partial charge in [0, 0.05) is 10.9 Å². The zero-order valence-corrected chi connectivity index (χ0v) is 13.1. The van der Waals surface area contributed by atoms with Crippen LogP contribution in [0.3, 0.4) is 0 Å². The van der Waals surface area contributed by atoms with Crippen molar-refractivity contribution in [1.82, 2.24) is 0 Å². The molecule has 0 spiro atoms. The Balaban J connectivity index is 2.67. The average molecular weight is 361 g/mol. The first kappa shape index (κ1) is 14.5. The summed E-state index contributed by atoms with van der Waals surface area (Å²) in [6.07, 6.45) is 0.715. The van der Waals surface area contributed by atoms with Crippen molar-refractivity contribution in [2.45, 2.75) is 25.6 Å². The first-order chi connectivity index (χ1) is 8.00. The highest BCUT2D eigenvalue weighted by Gasteiger charge is 2.17. The van der Waals surface area contributed by atoms with Crippen LogP contribution < -0.4 is 4.74 Å². The van der Waals surface area contributed by atoms with E-state index in [4.69, 9.17) is 10.00 Å². The smallest absolute Gasteiger partial charge is 0.137 e. The maximum Gasteiger partial charge on any atom is 0.137 e. The lowest BCUT2D eigenvalue weighted by atomic mass is 9.92. The number of hydrogen-bond donors (Lipinski definition) is 0. The molecule has 0 amide bonds. The van der Waals surface area contributed by atoms with Gasteiger partial charge in [-0.15, -0.1) is 0 Å². The van der Waals surface area contributed by atoms with E-state index in [0.717, 1.165) is 21.1 Å². The van der Waals surface area contributed by atoms with Gasteiger partial charge < -0.3 is 4.74 Å². The summed E-state index contributed by atoms with van der Waals surface area (Å²) in [6.45, 7) is 4.38. The number of halogens is 2. The van der Waals surface area contributed by atoms with Crippen LogP contribution in [0.2, 0.25) is 0 Å². The van der Waals surface area contributed by atoms with Crippen molar-refractivity contribution in [3.05, 3.63) is 28.2 Å². The fourth-order valence-corrected chi connectivity index (χ4v) is 2.25. The highest BCUT2D eigenvalue weighted by atomic mass is 79.9. The third-order valence-electron chi connectivity index (χ3n) is 2.47. The van der Waals surface area contributed by atoms with Gasteiger partial charge in [-0.25, -0.2) is 0 Å². The van der Waals surface area contributed by atoms with E-state index in [2.05, 4.69) is 37.9 Å². The fraction of sp³-hybridized carbons (Fsp3) is 0.462. The summed E-state index contributed by atoms with van der Waals surface area (Å²) in [6, 6.07) is 8.22. The van der Waals surface area contributed by atoms with Crippen LogP contribution in [0.15, 0.2) is 22.7 Å². The van der Waals surface area contributed by atoms with Gasteiger partial charge in [0.05, 0.1) is 22.6 Å². The SMILES string of the molecule is CC(C)(C#N)CCOc1c(Br)cccc1CBr. The molecular weight excluding hydrogens is 346 g/mol. The standard InChI is InChI=1S/C13H15Br2NO/c1-13(2,9-16)6-7-17-12-10(8-14)4-3-5-11(12)15/h3-5H,6-8H2,1-2H3. The molecule has 0 atom stereocenters. The number of nitrogens with zero attached hydrogens (tertiary/aromatic N) is 1. The molecule has 0 N–H and O–H groups in total. The van der Waals surface area contributed by atoms with Gasteiger partial charge in [0.15, 0.2) is 0 Å². The third-order valence-corrected chi connectivity index (χ3v) is 3.70. The van der Waals surface area contributed by atoms with Gasteiger partial charge in [0.2, 0.25) is 0 Å². The predicted molar refractivity (Wildman–Crippen MR) is 76.3 cm³/mol. The quantitative estimate of drug-likeness (QED) is 0.715. The Morgan fingerprint density at radius 2 is 2.12 bits per heavy atom. The molecule has 2 nitrogen and oxygen atoms in total. The maximum atomic E-state index is 8.92. The summed E-state index contributed by atoms with van der Waals surface area (Å²) in [7, 11) is 0. The topological polar surface area (TPSA) is 33.0 Å². The van der Waals surface area contributed by atoms with Crippen LogP contribution in [0, 0.1) is 16.7 Å². The lowest BCUT2D eigenvalue weighted by molar-refractivity contribution is 0.261. The van der Waals surface area contributed by atoms with E-state index in [1.165, 1.54) is 0 Å². The minimum atomic E-state index is -0.337. The van der Waals surface area contributed by atoms with Crippen LogP contribution in [0.25, 0.3) is 0 Å². The monoisotopic (exact) mass is 359 g/mol. The third kappa shape index (κ3) is 4.33. The zero-order valence-electron chi connectivity index (χ0n) is 9.96. The highest BCUT2D eigenvalue weighted by molar-refractivity contribution is 9.10. The normalized spacial score (nSPS) is 11.0. The van der Waals surface area contributed by atoms with E-state index in [1.807, 2.05) is 32.0 Å². The molecule has 0 bridgehead atoms. The van der Waals surface area contributed by atoms with E-state index in [0.29, 0.717) is 13.0 Å². The lowest BCUT2D eigenvalue weighted by Crippen LogP contribution is -2.13. The van der Waals surface area contributed by atoms with Crippen molar-refractivity contribution >= 4 is 31.9 Å². The Morgan fingerprint density at radius 1 is 1.41 bits per heavy atom. The van der Waals surface area contributed by atoms with E-state index in [1.54, 1.807) is 0 Å². The minimum Gasteiger partial charge on any atom is -0.492 e. The molecule has 4 heteroatoms. The maximum absolute atomic E-state index is 8.92. The van der Waals surface area contributed by atoms with Gasteiger partial charge in [-0.3, -0.25) is 0 Å². The average Bonchev–Trinajstić information content (AvgIpc) is 2.31. The molecule has 0 fully saturated rings. The van der Waals surface area contributed by atoms with Crippen molar-refractivity contribution in [2.75, 3.05) is 6.61 Å². The second kappa shape index (κ2) is 6.42. The minimum absolute atomic E-state index is 0.337. The Bertz CT molecular complexity index is 424. The van der Waals surface area contributed by atoms with Gasteiger partial charge in [-0.2, -0.15) is 5.26 Å². The molecule has 0 aliphatic rings. The van der Waals surface area contributed by atoms with Gasteiger partial charge in [0.25, 0.3) is 0 Å². The summed E-state index contributed by atoms with van der Waals surface area (Å²) in [5, 5.41) is 9.68. The summed E-state index contributed by atoms with van der Waals surface area (Å²) < 4.78 is 6.72. The molecule has 0 heterocycles. The van der Waals surface area contributed by atoms with E-state index in [9.17, 15) is 0 Å². The van der Waals surface area contributed by atoms with Crippen LogP contribution in [0.5, 0.6) is 5.75 Å². The summed E-state index contributed by atoms with van der Waals surface area (Å²) in [4.78, 5) is 0. The predicted octanol–water partition coefficient (Wildman–Crippen LogP) is 4.66. The van der Waals surface area contributed by atoms with Crippen molar-refractivity contribution in [2.24, 2.45) is 5.41 Å². The summed E-state index contributed by atoms with van der Waals surface area (Å²) in [5.74, 6) is 0.859. The molecule has 92 valence electrons. The Labute approximate surface area is 119 Å². The molecule has 0 saturated heterocycles. The van der Waals surface area contributed by atoms with Crippen LogP contribution in [0.4, 0.5) is 0 Å². The second-order valence-corrected chi connectivity index (χ2v) is 5.87. The molecule has 17 heavy (non-hydrogen) atoms. The Kier molecular flexibility index (Phi) is 5.48. The molecule has 0 radical (unpaired) electrons. The van der Waals surface area contributed by atoms with E-state index in [-0.39, 0.29) is 5.41 Å². The van der Waals surface area contributed by atoms with Crippen molar-refractivity contribution < 1.29 is 4.74 Å². The largest absolute Gasteiger partial charge is 0.492 e. The van der Waals surface area contributed by atoms with Gasteiger partial charge in [-0.05, 0) is 42.3 Å². The zero-order chi connectivity index (χ0) is 12.9. The molecule has 1 rings (SSSR count). The number of ether oxygens (including phenoxy) is 1. The molecule has 0 aliphatic carbocycles. The van der Waals surface area contributed by atoms with Gasteiger partial charge >= 0.3 is 0 Å². The van der Waals surface area contributed by atoms with Crippen molar-refractivity contribution in [3.8, 4) is 11.8 Å². The fourth-order valence-electron chi connectivity index (χ4n) is 1.28. The molecular formula is C13H15Br2NO. The van der Waals surface area contributed by atoms with Gasteiger partial charge in [0.1, 0.15) is 5.75 Å². The van der Waals surface area contributed by atoms with Crippen LogP contribution >= 0.6 is 31.9 Å². The molecule has 1 aromatic carbocycles. The van der Waals surface area contributed by atoms with Crippen molar-refractivity contribution in [3.63, 3.8) is 0 Å². The first-order valence-corrected chi connectivity index (χ1v) is 7.29. The number of benzene rings is 1. The van der Waals surface area contributed by atoms with E-state index >= 15 is 0 Å². The van der Waals surface area contributed by atoms with Crippen LogP contribution in [-0.2, 0) is 5.33 Å². The Morgan fingerprint density at radius 3 is 2.71 bits per heavy atom. The number of alkyl halides is 1. The van der Waals surface area contributed by atoms with E-state index < -0.39 is 0 Å². The number of nitriles is 1. The number of para-hydroxylation sites is 1. The molecule has 1 aromatic rings. The second-order valence-electron chi connectivity index (χ2n) is 4.46. The molecule has 0 unspecified atom stereocenters. The number of hydrogen-bond acceptors (Lipinski definition) is 2. The lowest BCUT2D eigenvalue weighted by Gasteiger charge is -2.17. The molecule has 0 aromatic heterocycles. The Hall–Kier alpha value is -0.530. The first-order valence-electron chi connectivity index (χ1n) is 5.37. The summed E-state index contributed by atoms with van der Waals surface area (Å²) >= 11 is 6.91. The van der Waals surface area contributed by atoms with Gasteiger partial charge in [-0.1, -0.05) is 28.1 Å². The van der Waals surface area contributed by atoms with Crippen molar-refractivity contribution in [1.29, 1.82) is 5.26 Å².